The standard InChI is InChI=1S/C31H20N2O4S/c34-31(35)25-16-8-14-23-21-12-4-6-17-26(21)32(29(23)25)28-19-9-15-24-22-13-5-7-18-27(22)33(30(24)28)38(36,37)20-10-2-1-3-11-20/h1-19H,(H,34,35). The lowest BCUT2D eigenvalue weighted by molar-refractivity contribution is 0.0698. The third-order valence-corrected chi connectivity index (χ3v) is 8.81. The van der Waals surface area contributed by atoms with Crippen molar-refractivity contribution in [2.75, 3.05) is 0 Å². The predicted octanol–water partition coefficient (Wildman–Crippen LogP) is 6.83. The summed E-state index contributed by atoms with van der Waals surface area (Å²) in [5.41, 5.74) is 3.07. The first kappa shape index (κ1) is 22.3. The van der Waals surface area contributed by atoms with Gasteiger partial charge in [-0.1, -0.05) is 78.9 Å². The third-order valence-electron chi connectivity index (χ3n) is 7.08. The monoisotopic (exact) mass is 516 g/mol. The van der Waals surface area contributed by atoms with E-state index in [2.05, 4.69) is 0 Å². The molecule has 0 aliphatic heterocycles. The fourth-order valence-electron chi connectivity index (χ4n) is 5.53. The summed E-state index contributed by atoms with van der Waals surface area (Å²) in [6, 6.07) is 34.3. The number of benzene rings is 5. The summed E-state index contributed by atoms with van der Waals surface area (Å²) in [5.74, 6) is -1.05. The number of para-hydroxylation sites is 4. The molecule has 0 atom stereocenters. The average Bonchev–Trinajstić information content (AvgIpc) is 3.47. The van der Waals surface area contributed by atoms with Crippen LogP contribution in [-0.2, 0) is 10.0 Å². The van der Waals surface area contributed by atoms with Gasteiger partial charge in [0.05, 0.1) is 38.2 Å². The molecule has 0 spiro atoms. The highest BCUT2D eigenvalue weighted by Gasteiger charge is 2.27. The molecule has 1 N–H and O–H groups in total. The highest BCUT2D eigenvalue weighted by Crippen LogP contribution is 2.40. The molecule has 7 rings (SSSR count). The van der Waals surface area contributed by atoms with Gasteiger partial charge in [-0.05, 0) is 36.4 Å². The van der Waals surface area contributed by atoms with Crippen LogP contribution in [0.5, 0.6) is 0 Å². The van der Waals surface area contributed by atoms with Gasteiger partial charge < -0.3 is 9.67 Å². The molecule has 0 aliphatic rings. The van der Waals surface area contributed by atoms with E-state index < -0.39 is 16.0 Å². The fraction of sp³-hybridized carbons (Fsp3) is 0. The molecule has 7 heteroatoms. The Kier molecular flexibility index (Phi) is 4.74. The van der Waals surface area contributed by atoms with E-state index in [1.165, 1.54) is 3.97 Å². The van der Waals surface area contributed by atoms with Crippen molar-refractivity contribution in [2.24, 2.45) is 0 Å². The molecule has 2 aromatic heterocycles. The number of fused-ring (bicyclic) bond motifs is 6. The topological polar surface area (TPSA) is 81.3 Å². The first-order valence-corrected chi connectivity index (χ1v) is 13.5. The van der Waals surface area contributed by atoms with E-state index in [9.17, 15) is 18.3 Å². The van der Waals surface area contributed by atoms with Gasteiger partial charge in [-0.2, -0.15) is 0 Å². The summed E-state index contributed by atoms with van der Waals surface area (Å²) in [6.45, 7) is 0. The number of aromatic carboxylic acids is 1. The fourth-order valence-corrected chi connectivity index (χ4v) is 7.09. The van der Waals surface area contributed by atoms with Crippen molar-refractivity contribution >= 4 is 59.6 Å². The molecule has 0 fully saturated rings. The number of aromatic nitrogens is 2. The van der Waals surface area contributed by atoms with Crippen molar-refractivity contribution in [3.05, 3.63) is 121 Å². The quantitative estimate of drug-likeness (QED) is 0.278. The van der Waals surface area contributed by atoms with Crippen LogP contribution in [0.25, 0.3) is 49.3 Å². The van der Waals surface area contributed by atoms with Crippen LogP contribution in [0.1, 0.15) is 10.4 Å². The molecule has 6 nitrogen and oxygen atoms in total. The van der Waals surface area contributed by atoms with Gasteiger partial charge in [0.25, 0.3) is 10.0 Å². The Bertz CT molecular complexity index is 2170. The zero-order chi connectivity index (χ0) is 26.0. The molecule has 0 amide bonds. The van der Waals surface area contributed by atoms with Crippen LogP contribution in [0.3, 0.4) is 0 Å². The van der Waals surface area contributed by atoms with Gasteiger partial charge in [0.15, 0.2) is 0 Å². The van der Waals surface area contributed by atoms with E-state index in [4.69, 9.17) is 0 Å². The van der Waals surface area contributed by atoms with Gasteiger partial charge in [0.1, 0.15) is 0 Å². The lowest BCUT2D eigenvalue weighted by Gasteiger charge is -2.15. The van der Waals surface area contributed by atoms with Crippen molar-refractivity contribution in [3.8, 4) is 5.69 Å². The third kappa shape index (κ3) is 2.99. The minimum absolute atomic E-state index is 0.143. The van der Waals surface area contributed by atoms with Crippen molar-refractivity contribution in [1.29, 1.82) is 0 Å². The molecule has 0 unspecified atom stereocenters. The van der Waals surface area contributed by atoms with Crippen molar-refractivity contribution in [1.82, 2.24) is 8.54 Å². The molecule has 0 bridgehead atoms. The summed E-state index contributed by atoms with van der Waals surface area (Å²) >= 11 is 0. The van der Waals surface area contributed by atoms with Crippen molar-refractivity contribution in [2.45, 2.75) is 4.90 Å². The zero-order valence-corrected chi connectivity index (χ0v) is 20.8. The summed E-state index contributed by atoms with van der Waals surface area (Å²) in [4.78, 5) is 12.5. The Morgan fingerprint density at radius 1 is 0.579 bits per heavy atom. The largest absolute Gasteiger partial charge is 0.478 e. The maximum Gasteiger partial charge on any atom is 0.337 e. The maximum atomic E-state index is 14.2. The summed E-state index contributed by atoms with van der Waals surface area (Å²) in [7, 11) is -4.01. The molecule has 38 heavy (non-hydrogen) atoms. The minimum Gasteiger partial charge on any atom is -0.478 e. The van der Waals surface area contributed by atoms with E-state index in [0.717, 1.165) is 27.1 Å². The van der Waals surface area contributed by atoms with Crippen LogP contribution in [0.15, 0.2) is 120 Å². The minimum atomic E-state index is -4.01. The van der Waals surface area contributed by atoms with Gasteiger partial charge >= 0.3 is 5.97 Å². The van der Waals surface area contributed by atoms with Crippen LogP contribution >= 0.6 is 0 Å². The van der Waals surface area contributed by atoms with E-state index in [1.807, 2.05) is 71.3 Å². The van der Waals surface area contributed by atoms with Crippen LogP contribution in [0, 0.1) is 0 Å². The Morgan fingerprint density at radius 3 is 1.84 bits per heavy atom. The molecular formula is C31H20N2O4S. The van der Waals surface area contributed by atoms with Crippen LogP contribution in [0.4, 0.5) is 0 Å². The normalized spacial score (nSPS) is 12.1. The molecule has 184 valence electrons. The number of hydrogen-bond acceptors (Lipinski definition) is 3. The van der Waals surface area contributed by atoms with Gasteiger partial charge in [0.2, 0.25) is 0 Å². The second kappa shape index (κ2) is 8.06. The van der Waals surface area contributed by atoms with Crippen LogP contribution < -0.4 is 0 Å². The first-order valence-electron chi connectivity index (χ1n) is 12.1. The number of hydrogen-bond donors (Lipinski definition) is 1. The number of nitrogens with zero attached hydrogens (tertiary/aromatic N) is 2. The SMILES string of the molecule is O=C(O)c1cccc2c3ccccc3n(-c3cccc4c5ccccc5n(S(=O)(=O)c5ccccc5)c34)c12. The van der Waals surface area contributed by atoms with Crippen molar-refractivity contribution in [3.63, 3.8) is 0 Å². The summed E-state index contributed by atoms with van der Waals surface area (Å²) in [6.07, 6.45) is 0. The number of carboxylic acids is 1. The number of carboxylic acid groups (broad SMARTS) is 1. The Labute approximate surface area is 217 Å². The number of carbonyl (C=O) groups is 1. The van der Waals surface area contributed by atoms with Crippen LogP contribution in [0.2, 0.25) is 0 Å². The highest BCUT2D eigenvalue weighted by atomic mass is 32.2. The van der Waals surface area contributed by atoms with E-state index in [0.29, 0.717) is 22.2 Å². The molecular weight excluding hydrogens is 496 g/mol. The highest BCUT2D eigenvalue weighted by molar-refractivity contribution is 7.90. The smallest absolute Gasteiger partial charge is 0.337 e. The van der Waals surface area contributed by atoms with E-state index in [-0.39, 0.29) is 10.5 Å². The second-order valence-electron chi connectivity index (χ2n) is 9.13. The molecule has 0 saturated heterocycles. The summed E-state index contributed by atoms with van der Waals surface area (Å²) in [5, 5.41) is 13.3. The second-order valence-corrected chi connectivity index (χ2v) is 10.9. The average molecular weight is 517 g/mol. The van der Waals surface area contributed by atoms with Gasteiger partial charge in [-0.15, -0.1) is 0 Å². The zero-order valence-electron chi connectivity index (χ0n) is 19.9. The Hall–Kier alpha value is -4.88. The van der Waals surface area contributed by atoms with Crippen molar-refractivity contribution < 1.29 is 18.3 Å². The van der Waals surface area contributed by atoms with Gasteiger partial charge in [-0.25, -0.2) is 17.2 Å². The molecule has 0 aliphatic carbocycles. The number of rotatable bonds is 4. The van der Waals surface area contributed by atoms with Gasteiger partial charge in [0, 0.05) is 21.5 Å². The van der Waals surface area contributed by atoms with E-state index in [1.54, 1.807) is 48.5 Å². The molecule has 7 aromatic rings. The maximum absolute atomic E-state index is 14.2. The molecule has 5 aromatic carbocycles. The van der Waals surface area contributed by atoms with E-state index >= 15 is 0 Å². The van der Waals surface area contributed by atoms with Crippen LogP contribution in [-0.4, -0.2) is 28.0 Å². The summed E-state index contributed by atoms with van der Waals surface area (Å²) < 4.78 is 31.7. The lowest BCUT2D eigenvalue weighted by atomic mass is 10.1. The predicted molar refractivity (Wildman–Crippen MR) is 150 cm³/mol. The van der Waals surface area contributed by atoms with Gasteiger partial charge in [-0.3, -0.25) is 0 Å². The molecule has 0 radical (unpaired) electrons. The first-order chi connectivity index (χ1) is 18.5. The lowest BCUT2D eigenvalue weighted by Crippen LogP contribution is -2.14. The Balaban J connectivity index is 1.73. The Morgan fingerprint density at radius 2 is 1.13 bits per heavy atom. The molecule has 0 saturated carbocycles. The molecule has 2 heterocycles.